The molecule has 0 atom stereocenters. The lowest BCUT2D eigenvalue weighted by Gasteiger charge is -1.96. The van der Waals surface area contributed by atoms with E-state index >= 15 is 0 Å². The highest BCUT2D eigenvalue weighted by molar-refractivity contribution is 4.98. The zero-order valence-electron chi connectivity index (χ0n) is 4.86. The Balaban J connectivity index is 3.38. The number of hydrogen-bond donors (Lipinski definition) is 1. The Morgan fingerprint density at radius 3 is 2.62 bits per heavy atom. The second-order valence-electron chi connectivity index (χ2n) is 1.40. The van der Waals surface area contributed by atoms with Crippen molar-refractivity contribution in [2.24, 2.45) is 5.73 Å². The molecule has 8 heavy (non-hydrogen) atoms. The summed E-state index contributed by atoms with van der Waals surface area (Å²) >= 11 is 0. The van der Waals surface area contributed by atoms with Gasteiger partial charge in [0.1, 0.15) is 0 Å². The summed E-state index contributed by atoms with van der Waals surface area (Å²) in [5.74, 6) is 0. The molecule has 0 aliphatic heterocycles. The number of hydrogen-bond acceptors (Lipinski definition) is 2. The SMILES string of the molecule is COC/C(=C/F)CN. The van der Waals surface area contributed by atoms with Crippen molar-refractivity contribution in [3.63, 3.8) is 0 Å². The van der Waals surface area contributed by atoms with Gasteiger partial charge in [-0.25, -0.2) is 4.39 Å². The van der Waals surface area contributed by atoms with Crippen molar-refractivity contribution >= 4 is 0 Å². The molecule has 0 bridgehead atoms. The lowest BCUT2D eigenvalue weighted by Crippen LogP contribution is -2.07. The van der Waals surface area contributed by atoms with Gasteiger partial charge < -0.3 is 10.5 Å². The van der Waals surface area contributed by atoms with Crippen molar-refractivity contribution in [2.75, 3.05) is 20.3 Å². The maximum absolute atomic E-state index is 11.5. The van der Waals surface area contributed by atoms with Crippen LogP contribution in [0.15, 0.2) is 11.9 Å². The van der Waals surface area contributed by atoms with Crippen LogP contribution in [0.1, 0.15) is 0 Å². The molecule has 3 heteroatoms. The van der Waals surface area contributed by atoms with Crippen molar-refractivity contribution < 1.29 is 9.13 Å². The lowest BCUT2D eigenvalue weighted by molar-refractivity contribution is 0.223. The summed E-state index contributed by atoms with van der Waals surface area (Å²) in [4.78, 5) is 0. The number of halogens is 1. The van der Waals surface area contributed by atoms with Crippen molar-refractivity contribution in [1.29, 1.82) is 0 Å². The Hall–Kier alpha value is -0.410. The maximum atomic E-state index is 11.5. The molecule has 0 radical (unpaired) electrons. The van der Waals surface area contributed by atoms with E-state index in [4.69, 9.17) is 5.73 Å². The Morgan fingerprint density at radius 2 is 2.50 bits per heavy atom. The van der Waals surface area contributed by atoms with Crippen molar-refractivity contribution in [3.05, 3.63) is 11.9 Å². The molecule has 0 aromatic rings. The van der Waals surface area contributed by atoms with Crippen LogP contribution in [-0.4, -0.2) is 20.3 Å². The zero-order valence-corrected chi connectivity index (χ0v) is 4.86. The van der Waals surface area contributed by atoms with E-state index in [2.05, 4.69) is 4.74 Å². The summed E-state index contributed by atoms with van der Waals surface area (Å²) < 4.78 is 16.1. The molecule has 2 nitrogen and oxygen atoms in total. The minimum Gasteiger partial charge on any atom is -0.380 e. The molecule has 48 valence electrons. The molecule has 0 aromatic carbocycles. The van der Waals surface area contributed by atoms with Crippen molar-refractivity contribution in [2.45, 2.75) is 0 Å². The Labute approximate surface area is 48.1 Å². The minimum absolute atomic E-state index is 0.227. The van der Waals surface area contributed by atoms with E-state index in [1.807, 2.05) is 0 Å². The highest BCUT2D eigenvalue weighted by Gasteiger charge is 1.89. The standard InChI is InChI=1S/C5H10FNO/c1-8-4-5(2-6)3-7/h2H,3-4,7H2,1H3/b5-2+. The fourth-order valence-electron chi connectivity index (χ4n) is 0.320. The quantitative estimate of drug-likeness (QED) is 0.585. The van der Waals surface area contributed by atoms with Crippen molar-refractivity contribution in [1.82, 2.24) is 0 Å². The third-order valence-electron chi connectivity index (χ3n) is 0.746. The largest absolute Gasteiger partial charge is 0.380 e. The van der Waals surface area contributed by atoms with E-state index in [1.165, 1.54) is 7.11 Å². The van der Waals surface area contributed by atoms with Gasteiger partial charge in [0.2, 0.25) is 0 Å². The first-order chi connectivity index (χ1) is 3.85. The molecule has 0 aromatic heterocycles. The van der Waals surface area contributed by atoms with Crippen LogP contribution < -0.4 is 5.73 Å². The Bertz CT molecular complexity index is 82.5. The molecule has 0 saturated carbocycles. The average Bonchev–Trinajstić information content (AvgIpc) is 1.83. The first-order valence-corrected chi connectivity index (χ1v) is 2.32. The summed E-state index contributed by atoms with van der Waals surface area (Å²) in [5.41, 5.74) is 5.56. The molecule has 0 unspecified atom stereocenters. The van der Waals surface area contributed by atoms with E-state index in [-0.39, 0.29) is 13.2 Å². The maximum Gasteiger partial charge on any atom is 0.0894 e. The van der Waals surface area contributed by atoms with Gasteiger partial charge in [-0.1, -0.05) is 0 Å². The number of ether oxygens (including phenoxy) is 1. The van der Waals surface area contributed by atoms with Crippen LogP contribution in [0.3, 0.4) is 0 Å². The molecule has 0 rings (SSSR count). The highest BCUT2D eigenvalue weighted by Crippen LogP contribution is 1.90. The van der Waals surface area contributed by atoms with Crippen LogP contribution in [0, 0.1) is 0 Å². The molecular formula is C5H10FNO. The average molecular weight is 119 g/mol. The molecule has 2 N–H and O–H groups in total. The number of nitrogens with two attached hydrogens (primary N) is 1. The fraction of sp³-hybridized carbons (Fsp3) is 0.600. The van der Waals surface area contributed by atoms with Gasteiger partial charge in [0, 0.05) is 13.7 Å². The van der Waals surface area contributed by atoms with Crippen LogP contribution in [0.2, 0.25) is 0 Å². The Kier molecular flexibility index (Phi) is 4.50. The van der Waals surface area contributed by atoms with Gasteiger partial charge in [-0.15, -0.1) is 0 Å². The van der Waals surface area contributed by atoms with E-state index < -0.39 is 0 Å². The van der Waals surface area contributed by atoms with Crippen LogP contribution >= 0.6 is 0 Å². The number of methoxy groups -OCH3 is 1. The molecule has 0 aliphatic rings. The van der Waals surface area contributed by atoms with E-state index in [0.29, 0.717) is 11.9 Å². The van der Waals surface area contributed by atoms with Gasteiger partial charge in [-0.3, -0.25) is 0 Å². The van der Waals surface area contributed by atoms with Gasteiger partial charge in [0.25, 0.3) is 0 Å². The molecule has 0 saturated heterocycles. The van der Waals surface area contributed by atoms with Gasteiger partial charge >= 0.3 is 0 Å². The first kappa shape index (κ1) is 7.59. The van der Waals surface area contributed by atoms with Crippen molar-refractivity contribution in [3.8, 4) is 0 Å². The van der Waals surface area contributed by atoms with Gasteiger partial charge in [-0.2, -0.15) is 0 Å². The van der Waals surface area contributed by atoms with Crippen LogP contribution in [0.5, 0.6) is 0 Å². The second-order valence-corrected chi connectivity index (χ2v) is 1.40. The minimum atomic E-state index is 0.227. The summed E-state index contributed by atoms with van der Waals surface area (Å²) in [5, 5.41) is 0. The fourth-order valence-corrected chi connectivity index (χ4v) is 0.320. The molecular weight excluding hydrogens is 109 g/mol. The van der Waals surface area contributed by atoms with Crippen LogP contribution in [-0.2, 0) is 4.74 Å². The van der Waals surface area contributed by atoms with Crippen LogP contribution in [0.25, 0.3) is 0 Å². The van der Waals surface area contributed by atoms with Gasteiger partial charge in [-0.05, 0) is 5.57 Å². The summed E-state index contributed by atoms with van der Waals surface area (Å²) in [7, 11) is 1.50. The van der Waals surface area contributed by atoms with E-state index in [9.17, 15) is 4.39 Å². The Morgan fingerprint density at radius 1 is 1.88 bits per heavy atom. The first-order valence-electron chi connectivity index (χ1n) is 2.32. The van der Waals surface area contributed by atoms with E-state index in [1.54, 1.807) is 0 Å². The number of rotatable bonds is 3. The monoisotopic (exact) mass is 119 g/mol. The molecule has 0 fully saturated rings. The van der Waals surface area contributed by atoms with Gasteiger partial charge in [0.05, 0.1) is 12.9 Å². The van der Waals surface area contributed by atoms with Gasteiger partial charge in [0.15, 0.2) is 0 Å². The molecule has 0 spiro atoms. The van der Waals surface area contributed by atoms with Crippen LogP contribution in [0.4, 0.5) is 4.39 Å². The highest BCUT2D eigenvalue weighted by atomic mass is 19.1. The second kappa shape index (κ2) is 4.74. The summed E-state index contributed by atoms with van der Waals surface area (Å²) in [6.45, 7) is 0.511. The molecule has 0 heterocycles. The lowest BCUT2D eigenvalue weighted by atomic mass is 10.3. The molecule has 0 amide bonds. The third kappa shape index (κ3) is 2.71. The topological polar surface area (TPSA) is 35.2 Å². The summed E-state index contributed by atoms with van der Waals surface area (Å²) in [6, 6.07) is 0. The predicted molar refractivity (Wildman–Crippen MR) is 30.1 cm³/mol. The molecule has 0 aliphatic carbocycles. The summed E-state index contributed by atoms with van der Waals surface area (Å²) in [6.07, 6.45) is 0.476. The smallest absolute Gasteiger partial charge is 0.0894 e. The third-order valence-corrected chi connectivity index (χ3v) is 0.746. The van der Waals surface area contributed by atoms with E-state index in [0.717, 1.165) is 0 Å². The predicted octanol–water partition coefficient (Wildman–Crippen LogP) is 0.445. The normalized spacial score (nSPS) is 12.1. The zero-order chi connectivity index (χ0) is 6.41.